The van der Waals surface area contributed by atoms with Crippen LogP contribution >= 0.6 is 0 Å². The van der Waals surface area contributed by atoms with E-state index < -0.39 is 5.97 Å². The highest BCUT2D eigenvalue weighted by Gasteiger charge is 2.05. The summed E-state index contributed by atoms with van der Waals surface area (Å²) in [7, 11) is 0. The molecule has 21 heavy (non-hydrogen) atoms. The molecule has 110 valence electrons. The molecule has 0 amide bonds. The first-order chi connectivity index (χ1) is 10.2. The lowest BCUT2D eigenvalue weighted by Crippen LogP contribution is -2.18. The van der Waals surface area contributed by atoms with Gasteiger partial charge in [-0.15, -0.1) is 0 Å². The van der Waals surface area contributed by atoms with E-state index in [4.69, 9.17) is 5.11 Å². The fourth-order valence-corrected chi connectivity index (χ4v) is 2.40. The number of aliphatic carboxylic acids is 1. The summed E-state index contributed by atoms with van der Waals surface area (Å²) in [5.74, 6) is -0.789. The molecule has 0 aliphatic heterocycles. The number of carboxylic acids is 1. The molecule has 2 aromatic rings. The molecule has 3 heteroatoms. The second-order valence-corrected chi connectivity index (χ2v) is 5.19. The van der Waals surface area contributed by atoms with Crippen molar-refractivity contribution in [3.8, 4) is 0 Å². The zero-order chi connectivity index (χ0) is 15.1. The quantitative estimate of drug-likeness (QED) is 0.768. The van der Waals surface area contributed by atoms with Crippen LogP contribution in [-0.2, 0) is 24.2 Å². The first-order valence-corrected chi connectivity index (χ1v) is 7.20. The molecule has 0 spiro atoms. The van der Waals surface area contributed by atoms with Crippen molar-refractivity contribution in [2.75, 3.05) is 6.54 Å². The Balaban J connectivity index is 1.86. The average Bonchev–Trinajstić information content (AvgIpc) is 2.46. The van der Waals surface area contributed by atoms with E-state index in [-0.39, 0.29) is 6.42 Å². The zero-order valence-electron chi connectivity index (χ0n) is 12.3. The molecule has 0 aromatic heterocycles. The van der Waals surface area contributed by atoms with Gasteiger partial charge in [0.1, 0.15) is 0 Å². The van der Waals surface area contributed by atoms with E-state index in [1.807, 2.05) is 24.3 Å². The molecule has 0 atom stereocenters. The molecule has 2 aromatic carbocycles. The topological polar surface area (TPSA) is 49.3 Å². The van der Waals surface area contributed by atoms with Crippen LogP contribution in [0.25, 0.3) is 0 Å². The van der Waals surface area contributed by atoms with Crippen molar-refractivity contribution in [1.82, 2.24) is 5.32 Å². The molecule has 0 aliphatic rings. The van der Waals surface area contributed by atoms with Gasteiger partial charge in [-0.1, -0.05) is 48.5 Å². The Morgan fingerprint density at radius 2 is 1.62 bits per heavy atom. The summed E-state index contributed by atoms with van der Waals surface area (Å²) in [6.45, 7) is 3.71. The summed E-state index contributed by atoms with van der Waals surface area (Å²) in [5.41, 5.74) is 4.60. The highest BCUT2D eigenvalue weighted by atomic mass is 16.4. The predicted octanol–water partition coefficient (Wildman–Crippen LogP) is 2.95. The summed E-state index contributed by atoms with van der Waals surface area (Å²) in [4.78, 5) is 10.9. The summed E-state index contributed by atoms with van der Waals surface area (Å²) in [5, 5.41) is 12.3. The molecule has 2 N–H and O–H groups in total. The van der Waals surface area contributed by atoms with E-state index in [1.54, 1.807) is 0 Å². The third-order valence-corrected chi connectivity index (χ3v) is 3.61. The second-order valence-electron chi connectivity index (χ2n) is 5.19. The van der Waals surface area contributed by atoms with E-state index >= 15 is 0 Å². The average molecular weight is 283 g/mol. The SMILES string of the molecule is Cc1ccccc1CCNCc1ccccc1CC(=O)O. The minimum atomic E-state index is -0.789. The summed E-state index contributed by atoms with van der Waals surface area (Å²) >= 11 is 0. The Morgan fingerprint density at radius 1 is 1.00 bits per heavy atom. The van der Waals surface area contributed by atoms with Gasteiger partial charge in [0.2, 0.25) is 0 Å². The molecule has 0 saturated carbocycles. The van der Waals surface area contributed by atoms with Crippen molar-refractivity contribution in [1.29, 1.82) is 0 Å². The van der Waals surface area contributed by atoms with Crippen LogP contribution in [0.15, 0.2) is 48.5 Å². The number of hydrogen-bond donors (Lipinski definition) is 2. The molecule has 0 saturated heterocycles. The highest BCUT2D eigenvalue weighted by Crippen LogP contribution is 2.10. The molecule has 0 heterocycles. The lowest BCUT2D eigenvalue weighted by Gasteiger charge is -2.10. The van der Waals surface area contributed by atoms with Gasteiger partial charge in [-0.2, -0.15) is 0 Å². The van der Waals surface area contributed by atoms with Crippen molar-refractivity contribution in [2.24, 2.45) is 0 Å². The van der Waals surface area contributed by atoms with Crippen LogP contribution in [0.4, 0.5) is 0 Å². The van der Waals surface area contributed by atoms with Gasteiger partial charge >= 0.3 is 5.97 Å². The maximum Gasteiger partial charge on any atom is 0.307 e. The lowest BCUT2D eigenvalue weighted by atomic mass is 10.0. The van der Waals surface area contributed by atoms with Crippen molar-refractivity contribution in [2.45, 2.75) is 26.3 Å². The van der Waals surface area contributed by atoms with Gasteiger partial charge in [-0.3, -0.25) is 4.79 Å². The van der Waals surface area contributed by atoms with Crippen LogP contribution in [-0.4, -0.2) is 17.6 Å². The van der Waals surface area contributed by atoms with E-state index in [0.717, 1.165) is 24.1 Å². The van der Waals surface area contributed by atoms with Crippen molar-refractivity contribution in [3.63, 3.8) is 0 Å². The van der Waals surface area contributed by atoms with Gasteiger partial charge in [0.05, 0.1) is 6.42 Å². The Hall–Kier alpha value is -2.13. The largest absolute Gasteiger partial charge is 0.481 e. The molecule has 0 radical (unpaired) electrons. The number of carbonyl (C=O) groups is 1. The normalized spacial score (nSPS) is 10.5. The summed E-state index contributed by atoms with van der Waals surface area (Å²) in [6, 6.07) is 16.1. The van der Waals surface area contributed by atoms with Gasteiger partial charge in [0, 0.05) is 6.54 Å². The van der Waals surface area contributed by atoms with Gasteiger partial charge < -0.3 is 10.4 Å². The molecule has 2 rings (SSSR count). The number of aryl methyl sites for hydroxylation is 1. The van der Waals surface area contributed by atoms with Gasteiger partial charge in [0.25, 0.3) is 0 Å². The smallest absolute Gasteiger partial charge is 0.307 e. The van der Waals surface area contributed by atoms with Crippen LogP contribution in [0.1, 0.15) is 22.3 Å². The van der Waals surface area contributed by atoms with Gasteiger partial charge in [-0.25, -0.2) is 0 Å². The van der Waals surface area contributed by atoms with Crippen LogP contribution < -0.4 is 5.32 Å². The van der Waals surface area contributed by atoms with Crippen LogP contribution in [0, 0.1) is 6.92 Å². The first kappa shape index (κ1) is 15.3. The lowest BCUT2D eigenvalue weighted by molar-refractivity contribution is -0.136. The Bertz CT molecular complexity index is 608. The van der Waals surface area contributed by atoms with Gasteiger partial charge in [-0.05, 0) is 42.1 Å². The molecule has 0 bridgehead atoms. The zero-order valence-corrected chi connectivity index (χ0v) is 12.3. The molecule has 0 fully saturated rings. The summed E-state index contributed by atoms with van der Waals surface area (Å²) < 4.78 is 0. The monoisotopic (exact) mass is 283 g/mol. The Labute approximate surface area is 125 Å². The third-order valence-electron chi connectivity index (χ3n) is 3.61. The maximum absolute atomic E-state index is 10.9. The van der Waals surface area contributed by atoms with Crippen LogP contribution in [0.3, 0.4) is 0 Å². The van der Waals surface area contributed by atoms with Crippen LogP contribution in [0.5, 0.6) is 0 Å². The van der Waals surface area contributed by atoms with Crippen molar-refractivity contribution in [3.05, 3.63) is 70.8 Å². The molecular formula is C18H21NO2. The predicted molar refractivity (Wildman–Crippen MR) is 84.4 cm³/mol. The number of benzene rings is 2. The number of rotatable bonds is 7. The van der Waals surface area contributed by atoms with E-state index in [2.05, 4.69) is 36.5 Å². The number of hydrogen-bond acceptors (Lipinski definition) is 2. The van der Waals surface area contributed by atoms with E-state index in [1.165, 1.54) is 11.1 Å². The van der Waals surface area contributed by atoms with E-state index in [0.29, 0.717) is 6.54 Å². The minimum Gasteiger partial charge on any atom is -0.481 e. The number of carboxylic acid groups (broad SMARTS) is 1. The fourth-order valence-electron chi connectivity index (χ4n) is 2.40. The summed E-state index contributed by atoms with van der Waals surface area (Å²) in [6.07, 6.45) is 1.06. The third kappa shape index (κ3) is 4.72. The van der Waals surface area contributed by atoms with Crippen molar-refractivity contribution >= 4 is 5.97 Å². The van der Waals surface area contributed by atoms with Crippen molar-refractivity contribution < 1.29 is 9.90 Å². The molecule has 3 nitrogen and oxygen atoms in total. The standard InChI is InChI=1S/C18H21NO2/c1-14-6-2-3-7-15(14)10-11-19-13-17-9-5-4-8-16(17)12-18(20)21/h2-9,19H,10-13H2,1H3,(H,20,21). The van der Waals surface area contributed by atoms with Gasteiger partial charge in [0.15, 0.2) is 0 Å². The Kier molecular flexibility index (Phi) is 5.52. The fraction of sp³-hybridized carbons (Fsp3) is 0.278. The minimum absolute atomic E-state index is 0.0790. The molecular weight excluding hydrogens is 262 g/mol. The van der Waals surface area contributed by atoms with Crippen LogP contribution in [0.2, 0.25) is 0 Å². The maximum atomic E-state index is 10.9. The highest BCUT2D eigenvalue weighted by molar-refractivity contribution is 5.70. The Morgan fingerprint density at radius 3 is 2.29 bits per heavy atom. The molecule has 0 aliphatic carbocycles. The second kappa shape index (κ2) is 7.60. The van der Waals surface area contributed by atoms with E-state index in [9.17, 15) is 4.79 Å². The first-order valence-electron chi connectivity index (χ1n) is 7.20. The molecule has 0 unspecified atom stereocenters. The number of nitrogens with one attached hydrogen (secondary N) is 1.